The van der Waals surface area contributed by atoms with E-state index in [4.69, 9.17) is 16.3 Å². The maximum atomic E-state index is 13.3. The zero-order chi connectivity index (χ0) is 30.1. The lowest BCUT2D eigenvalue weighted by atomic mass is 9.99. The number of carbonyl (C=O) groups excluding carboxylic acids is 3. The lowest BCUT2D eigenvalue weighted by Gasteiger charge is -2.32. The topological polar surface area (TPSA) is 97.5 Å². The molecule has 10 nitrogen and oxygen atoms in total. The monoisotopic (exact) mass is 600 g/mol. The van der Waals surface area contributed by atoms with Gasteiger partial charge in [0.25, 0.3) is 5.91 Å². The SMILES string of the molecule is CN1CCN(CC(=O)N(C)c2ccc(N/C(=C3\C(=O)Nc4cc(Cl)ccc43)c3ccc(N4CCOC4=O)cc3)cc2)CC1. The van der Waals surface area contributed by atoms with E-state index in [1.54, 1.807) is 29.0 Å². The van der Waals surface area contributed by atoms with Gasteiger partial charge < -0.3 is 25.2 Å². The Bertz CT molecular complexity index is 1580. The summed E-state index contributed by atoms with van der Waals surface area (Å²) in [5.41, 5.74) is 5.44. The van der Waals surface area contributed by atoms with E-state index in [0.29, 0.717) is 47.4 Å². The number of fused-ring (bicyclic) bond motifs is 1. The molecule has 3 amide bonds. The number of anilines is 4. The first-order chi connectivity index (χ1) is 20.8. The van der Waals surface area contributed by atoms with Crippen LogP contribution >= 0.6 is 11.6 Å². The Morgan fingerprint density at radius 1 is 0.977 bits per heavy atom. The Morgan fingerprint density at radius 3 is 2.37 bits per heavy atom. The van der Waals surface area contributed by atoms with Gasteiger partial charge in [-0.3, -0.25) is 19.4 Å². The highest BCUT2D eigenvalue weighted by atomic mass is 35.5. The highest BCUT2D eigenvalue weighted by Crippen LogP contribution is 2.39. The average molecular weight is 601 g/mol. The van der Waals surface area contributed by atoms with E-state index in [9.17, 15) is 14.4 Å². The molecule has 3 aliphatic heterocycles. The largest absolute Gasteiger partial charge is 0.447 e. The normalized spacial score (nSPS) is 18.3. The van der Waals surface area contributed by atoms with Crippen molar-refractivity contribution in [3.63, 3.8) is 0 Å². The predicted octanol–water partition coefficient (Wildman–Crippen LogP) is 4.44. The van der Waals surface area contributed by atoms with Crippen molar-refractivity contribution in [1.29, 1.82) is 0 Å². The van der Waals surface area contributed by atoms with E-state index < -0.39 is 0 Å². The van der Waals surface area contributed by atoms with E-state index in [0.717, 1.165) is 48.7 Å². The first kappa shape index (κ1) is 28.7. The number of nitrogens with zero attached hydrogens (tertiary/aromatic N) is 4. The van der Waals surface area contributed by atoms with Crippen LogP contribution in [-0.4, -0.2) is 87.7 Å². The molecule has 2 N–H and O–H groups in total. The number of nitrogens with one attached hydrogen (secondary N) is 2. The van der Waals surface area contributed by atoms with Crippen LogP contribution in [-0.2, 0) is 14.3 Å². The van der Waals surface area contributed by atoms with Crippen LogP contribution in [0.1, 0.15) is 11.1 Å². The first-order valence-electron chi connectivity index (χ1n) is 14.2. The van der Waals surface area contributed by atoms with Gasteiger partial charge in [0.1, 0.15) is 6.61 Å². The molecule has 3 aromatic rings. The second kappa shape index (κ2) is 12.1. The summed E-state index contributed by atoms with van der Waals surface area (Å²) in [6, 6.07) is 20.3. The van der Waals surface area contributed by atoms with Crippen LogP contribution in [0, 0.1) is 0 Å². The van der Waals surface area contributed by atoms with E-state index in [1.807, 2.05) is 54.6 Å². The molecular formula is C32H33ClN6O4. The maximum Gasteiger partial charge on any atom is 0.414 e. The van der Waals surface area contributed by atoms with Crippen molar-refractivity contribution in [2.45, 2.75) is 0 Å². The fraction of sp³-hybridized carbons (Fsp3) is 0.281. The van der Waals surface area contributed by atoms with E-state index in [1.165, 1.54) is 0 Å². The third-order valence-electron chi connectivity index (χ3n) is 8.06. The number of carbonyl (C=O) groups is 3. The van der Waals surface area contributed by atoms with E-state index >= 15 is 0 Å². The minimum atomic E-state index is -0.377. The van der Waals surface area contributed by atoms with Crippen LogP contribution < -0.4 is 20.4 Å². The quantitative estimate of drug-likeness (QED) is 0.387. The lowest BCUT2D eigenvalue weighted by molar-refractivity contribution is -0.119. The molecule has 0 saturated carbocycles. The lowest BCUT2D eigenvalue weighted by Crippen LogP contribution is -2.48. The fourth-order valence-electron chi connectivity index (χ4n) is 5.47. The molecule has 2 fully saturated rings. The number of rotatable bonds is 7. The molecule has 0 unspecified atom stereocenters. The molecule has 0 bridgehead atoms. The van der Waals surface area contributed by atoms with Gasteiger partial charge in [-0.25, -0.2) is 4.79 Å². The molecule has 0 aromatic heterocycles. The molecule has 0 radical (unpaired) electrons. The molecule has 3 aromatic carbocycles. The van der Waals surface area contributed by atoms with Gasteiger partial charge in [-0.1, -0.05) is 29.8 Å². The molecule has 3 heterocycles. The highest BCUT2D eigenvalue weighted by Gasteiger charge is 2.29. The summed E-state index contributed by atoms with van der Waals surface area (Å²) in [4.78, 5) is 46.1. The number of cyclic esters (lactones) is 1. The van der Waals surface area contributed by atoms with Crippen molar-refractivity contribution in [2.75, 3.05) is 80.4 Å². The van der Waals surface area contributed by atoms with E-state index in [-0.39, 0.29) is 17.9 Å². The first-order valence-corrected chi connectivity index (χ1v) is 14.6. The number of halogens is 1. The van der Waals surface area contributed by atoms with Crippen molar-refractivity contribution < 1.29 is 19.1 Å². The molecule has 6 rings (SSSR count). The Hall–Kier alpha value is -4.38. The van der Waals surface area contributed by atoms with Gasteiger partial charge in [0, 0.05) is 60.9 Å². The number of piperazine rings is 1. The van der Waals surface area contributed by atoms with Gasteiger partial charge in [0.15, 0.2) is 0 Å². The molecule has 3 aliphatic rings. The third kappa shape index (κ3) is 6.08. The number of benzene rings is 3. The Balaban J connectivity index is 1.27. The van der Waals surface area contributed by atoms with Crippen molar-refractivity contribution in [2.24, 2.45) is 0 Å². The summed E-state index contributed by atoms with van der Waals surface area (Å²) in [5, 5.41) is 6.89. The van der Waals surface area contributed by atoms with Crippen molar-refractivity contribution >= 4 is 63.5 Å². The van der Waals surface area contributed by atoms with Crippen molar-refractivity contribution in [3.8, 4) is 0 Å². The van der Waals surface area contributed by atoms with Crippen molar-refractivity contribution in [3.05, 3.63) is 82.9 Å². The Kier molecular flexibility index (Phi) is 8.07. The van der Waals surface area contributed by atoms with Crippen LogP contribution in [0.15, 0.2) is 66.7 Å². The second-order valence-electron chi connectivity index (χ2n) is 10.9. The smallest absolute Gasteiger partial charge is 0.414 e. The summed E-state index contributed by atoms with van der Waals surface area (Å²) in [7, 11) is 3.88. The van der Waals surface area contributed by atoms with Crippen LogP contribution in [0.5, 0.6) is 0 Å². The molecule has 222 valence electrons. The van der Waals surface area contributed by atoms with Gasteiger partial charge in [0.2, 0.25) is 5.91 Å². The Labute approximate surface area is 255 Å². The molecule has 11 heteroatoms. The fourth-order valence-corrected chi connectivity index (χ4v) is 5.64. The number of hydrogen-bond acceptors (Lipinski definition) is 7. The Morgan fingerprint density at radius 2 is 1.70 bits per heavy atom. The second-order valence-corrected chi connectivity index (χ2v) is 11.3. The van der Waals surface area contributed by atoms with Gasteiger partial charge in [-0.15, -0.1) is 0 Å². The zero-order valence-electron chi connectivity index (χ0n) is 24.1. The van der Waals surface area contributed by atoms with Gasteiger partial charge in [0.05, 0.1) is 30.0 Å². The number of likely N-dealkylation sites (N-methyl/N-ethyl adjacent to an activating group) is 2. The molecule has 0 spiro atoms. The number of ether oxygens (including phenoxy) is 1. The van der Waals surface area contributed by atoms with E-state index in [2.05, 4.69) is 27.5 Å². The average Bonchev–Trinajstić information content (AvgIpc) is 3.58. The number of hydrogen-bond donors (Lipinski definition) is 2. The minimum absolute atomic E-state index is 0.0351. The summed E-state index contributed by atoms with van der Waals surface area (Å²) in [6.45, 7) is 4.88. The number of amides is 3. The molecule has 2 saturated heterocycles. The minimum Gasteiger partial charge on any atom is -0.447 e. The summed E-state index contributed by atoms with van der Waals surface area (Å²) in [5.74, 6) is -0.217. The van der Waals surface area contributed by atoms with Crippen LogP contribution in [0.3, 0.4) is 0 Å². The van der Waals surface area contributed by atoms with Gasteiger partial charge >= 0.3 is 6.09 Å². The predicted molar refractivity (Wildman–Crippen MR) is 169 cm³/mol. The van der Waals surface area contributed by atoms with Crippen LogP contribution in [0.4, 0.5) is 27.5 Å². The van der Waals surface area contributed by atoms with Crippen molar-refractivity contribution in [1.82, 2.24) is 9.80 Å². The molecule has 43 heavy (non-hydrogen) atoms. The summed E-state index contributed by atoms with van der Waals surface area (Å²) in [6.07, 6.45) is -0.377. The molecule has 0 atom stereocenters. The van der Waals surface area contributed by atoms with Gasteiger partial charge in [-0.2, -0.15) is 0 Å². The third-order valence-corrected chi connectivity index (χ3v) is 8.29. The maximum absolute atomic E-state index is 13.3. The summed E-state index contributed by atoms with van der Waals surface area (Å²) >= 11 is 6.20. The summed E-state index contributed by atoms with van der Waals surface area (Å²) < 4.78 is 5.08. The molecular weight excluding hydrogens is 568 g/mol. The van der Waals surface area contributed by atoms with Crippen LogP contribution in [0.2, 0.25) is 5.02 Å². The standard InChI is InChI=1S/C32H33ClN6O4/c1-36-13-15-38(16-14-36)20-28(40)37(2)24-10-6-23(7-11-24)34-30(29-26-12-5-22(33)19-27(26)35-31(29)41)21-3-8-25(9-4-21)39-17-18-43-32(39)42/h3-12,19,34H,13-18,20H2,1-2H3,(H,35,41)/b30-29-. The molecule has 0 aliphatic carbocycles. The highest BCUT2D eigenvalue weighted by molar-refractivity contribution is 6.38. The van der Waals surface area contributed by atoms with Crippen LogP contribution in [0.25, 0.3) is 11.3 Å². The zero-order valence-corrected chi connectivity index (χ0v) is 24.9. The van der Waals surface area contributed by atoms with Gasteiger partial charge in [-0.05, 0) is 61.1 Å².